The lowest BCUT2D eigenvalue weighted by Gasteiger charge is -2.42. The van der Waals surface area contributed by atoms with Crippen LogP contribution in [-0.4, -0.2) is 59.6 Å². The second-order valence-corrected chi connectivity index (χ2v) is 8.57. The maximum absolute atomic E-state index is 12.8. The van der Waals surface area contributed by atoms with Crippen LogP contribution in [0, 0.1) is 5.92 Å². The van der Waals surface area contributed by atoms with Gasteiger partial charge in [0.1, 0.15) is 0 Å². The maximum Gasteiger partial charge on any atom is 0.416 e. The Morgan fingerprint density at radius 3 is 2.48 bits per heavy atom. The zero-order valence-corrected chi connectivity index (χ0v) is 18.4. The molecule has 174 valence electrons. The number of aliphatic hydroxyl groups is 1. The van der Waals surface area contributed by atoms with E-state index in [1.807, 2.05) is 0 Å². The van der Waals surface area contributed by atoms with Crippen LogP contribution < -0.4 is 10.6 Å². The van der Waals surface area contributed by atoms with Crippen LogP contribution in [-0.2, 0) is 11.0 Å². The van der Waals surface area contributed by atoms with Gasteiger partial charge in [0.05, 0.1) is 18.2 Å². The molecule has 2 amide bonds. The fourth-order valence-electron chi connectivity index (χ4n) is 4.04. The summed E-state index contributed by atoms with van der Waals surface area (Å²) in [5, 5.41) is 15.5. The molecule has 0 spiro atoms. The van der Waals surface area contributed by atoms with Gasteiger partial charge in [0.2, 0.25) is 5.91 Å². The lowest BCUT2D eigenvalue weighted by atomic mass is 9.78. The molecule has 1 aliphatic carbocycles. The zero-order chi connectivity index (χ0) is 23.3. The topological polar surface area (TPSA) is 81.7 Å². The molecule has 9 heteroatoms. The molecule has 0 heterocycles. The largest absolute Gasteiger partial charge is 0.416 e. The molecule has 1 aromatic carbocycles. The SMILES string of the molecule is CC(C)N(C)[C@@H]1CC[C@H](NC(=O)CNC(=O)c2cccc(C(F)(F)F)c2)[C@H]([C@@H](C)O)C1. The van der Waals surface area contributed by atoms with E-state index in [-0.39, 0.29) is 24.1 Å². The van der Waals surface area contributed by atoms with Crippen molar-refractivity contribution in [2.75, 3.05) is 13.6 Å². The Morgan fingerprint density at radius 2 is 1.90 bits per heavy atom. The molecule has 4 atom stereocenters. The number of aliphatic hydroxyl groups excluding tert-OH is 1. The molecule has 2 rings (SSSR count). The third kappa shape index (κ3) is 6.93. The van der Waals surface area contributed by atoms with Crippen molar-refractivity contribution < 1.29 is 27.9 Å². The van der Waals surface area contributed by atoms with E-state index in [1.165, 1.54) is 6.07 Å². The molecule has 0 saturated heterocycles. The van der Waals surface area contributed by atoms with Crippen molar-refractivity contribution in [1.82, 2.24) is 15.5 Å². The molecule has 0 radical (unpaired) electrons. The third-order valence-corrected chi connectivity index (χ3v) is 6.09. The first kappa shape index (κ1) is 25.1. The Bertz CT molecular complexity index is 768. The van der Waals surface area contributed by atoms with E-state index in [2.05, 4.69) is 36.4 Å². The minimum Gasteiger partial charge on any atom is -0.393 e. The van der Waals surface area contributed by atoms with Crippen molar-refractivity contribution in [3.05, 3.63) is 35.4 Å². The highest BCUT2D eigenvalue weighted by atomic mass is 19.4. The minimum atomic E-state index is -4.55. The van der Waals surface area contributed by atoms with Gasteiger partial charge in [-0.3, -0.25) is 9.59 Å². The number of nitrogens with zero attached hydrogens (tertiary/aromatic N) is 1. The van der Waals surface area contributed by atoms with E-state index in [0.717, 1.165) is 31.0 Å². The molecule has 1 aromatic rings. The molecule has 31 heavy (non-hydrogen) atoms. The molecule has 3 N–H and O–H groups in total. The Balaban J connectivity index is 1.92. The average Bonchev–Trinajstić information content (AvgIpc) is 2.71. The lowest BCUT2D eigenvalue weighted by Crippen LogP contribution is -2.53. The van der Waals surface area contributed by atoms with Gasteiger partial charge >= 0.3 is 6.18 Å². The Labute approximate surface area is 181 Å². The first-order valence-corrected chi connectivity index (χ1v) is 10.5. The third-order valence-electron chi connectivity index (χ3n) is 6.09. The summed E-state index contributed by atoms with van der Waals surface area (Å²) in [6.07, 6.45) is -2.84. The van der Waals surface area contributed by atoms with Crippen molar-refractivity contribution >= 4 is 11.8 Å². The molecule has 0 aromatic heterocycles. The van der Waals surface area contributed by atoms with Gasteiger partial charge in [-0.05, 0) is 65.3 Å². The van der Waals surface area contributed by atoms with Crippen LogP contribution in [0.4, 0.5) is 13.2 Å². The van der Waals surface area contributed by atoms with Crippen molar-refractivity contribution in [3.8, 4) is 0 Å². The molecule has 0 unspecified atom stereocenters. The normalized spacial score (nSPS) is 23.0. The predicted octanol–water partition coefficient (Wildman–Crippen LogP) is 2.81. The molecular weight excluding hydrogens is 411 g/mol. The van der Waals surface area contributed by atoms with Gasteiger partial charge in [0.25, 0.3) is 5.91 Å². The van der Waals surface area contributed by atoms with Gasteiger partial charge in [0.15, 0.2) is 0 Å². The second kappa shape index (κ2) is 10.5. The van der Waals surface area contributed by atoms with E-state index < -0.39 is 29.7 Å². The number of halogens is 3. The summed E-state index contributed by atoms with van der Waals surface area (Å²) in [5.74, 6) is -1.31. The number of carbonyl (C=O) groups is 2. The summed E-state index contributed by atoms with van der Waals surface area (Å²) in [5.41, 5.74) is -1.09. The highest BCUT2D eigenvalue weighted by Gasteiger charge is 2.36. The summed E-state index contributed by atoms with van der Waals surface area (Å²) >= 11 is 0. The highest BCUT2D eigenvalue weighted by molar-refractivity contribution is 5.96. The number of nitrogens with one attached hydrogen (secondary N) is 2. The summed E-state index contributed by atoms with van der Waals surface area (Å²) in [6, 6.07) is 4.51. The van der Waals surface area contributed by atoms with Crippen LogP contribution in [0.2, 0.25) is 0 Å². The monoisotopic (exact) mass is 443 g/mol. The number of benzene rings is 1. The first-order chi connectivity index (χ1) is 14.4. The smallest absolute Gasteiger partial charge is 0.393 e. The van der Waals surface area contributed by atoms with E-state index in [4.69, 9.17) is 0 Å². The fourth-order valence-corrected chi connectivity index (χ4v) is 4.04. The number of hydrogen-bond donors (Lipinski definition) is 3. The van der Waals surface area contributed by atoms with Gasteiger partial charge in [-0.25, -0.2) is 0 Å². The minimum absolute atomic E-state index is 0.122. The van der Waals surface area contributed by atoms with E-state index in [9.17, 15) is 27.9 Å². The number of rotatable bonds is 7. The first-order valence-electron chi connectivity index (χ1n) is 10.5. The van der Waals surface area contributed by atoms with Crippen LogP contribution >= 0.6 is 0 Å². The van der Waals surface area contributed by atoms with E-state index in [0.29, 0.717) is 18.5 Å². The van der Waals surface area contributed by atoms with Crippen molar-refractivity contribution in [2.24, 2.45) is 5.92 Å². The number of carbonyl (C=O) groups excluding carboxylic acids is 2. The average molecular weight is 444 g/mol. The molecule has 0 bridgehead atoms. The van der Waals surface area contributed by atoms with Crippen LogP contribution in [0.25, 0.3) is 0 Å². The standard InChI is InChI=1S/C22H32F3N3O3/c1-13(2)28(4)17-8-9-19(18(11-17)14(3)29)27-20(30)12-26-21(31)15-6-5-7-16(10-15)22(23,24)25/h5-7,10,13-14,17-19,29H,8-9,11-12H2,1-4H3,(H,26,31)(H,27,30)/t14-,17-,18+,19+/m1/s1. The van der Waals surface area contributed by atoms with Crippen molar-refractivity contribution in [2.45, 2.75) is 70.4 Å². The van der Waals surface area contributed by atoms with E-state index in [1.54, 1.807) is 6.92 Å². The van der Waals surface area contributed by atoms with Gasteiger partial charge < -0.3 is 20.6 Å². The summed E-state index contributed by atoms with van der Waals surface area (Å²) in [6.45, 7) is 5.57. The Kier molecular flexibility index (Phi) is 8.48. The number of hydrogen-bond acceptors (Lipinski definition) is 4. The molecular formula is C22H32F3N3O3. The molecule has 6 nitrogen and oxygen atoms in total. The Hall–Kier alpha value is -2.13. The quantitative estimate of drug-likeness (QED) is 0.605. The van der Waals surface area contributed by atoms with Gasteiger partial charge in [-0.15, -0.1) is 0 Å². The number of alkyl halides is 3. The van der Waals surface area contributed by atoms with Crippen molar-refractivity contribution in [1.29, 1.82) is 0 Å². The van der Waals surface area contributed by atoms with Gasteiger partial charge in [-0.2, -0.15) is 13.2 Å². The molecule has 1 fully saturated rings. The number of amides is 2. The molecule has 0 aliphatic heterocycles. The van der Waals surface area contributed by atoms with Crippen LogP contribution in [0.15, 0.2) is 24.3 Å². The molecule has 1 saturated carbocycles. The zero-order valence-electron chi connectivity index (χ0n) is 18.4. The van der Waals surface area contributed by atoms with Crippen LogP contribution in [0.5, 0.6) is 0 Å². The van der Waals surface area contributed by atoms with Gasteiger partial charge in [0, 0.05) is 29.6 Å². The second-order valence-electron chi connectivity index (χ2n) is 8.57. The predicted molar refractivity (Wildman–Crippen MR) is 111 cm³/mol. The maximum atomic E-state index is 12.8. The summed E-state index contributed by atoms with van der Waals surface area (Å²) in [4.78, 5) is 26.8. The van der Waals surface area contributed by atoms with E-state index >= 15 is 0 Å². The summed E-state index contributed by atoms with van der Waals surface area (Å²) < 4.78 is 38.4. The van der Waals surface area contributed by atoms with Crippen molar-refractivity contribution in [3.63, 3.8) is 0 Å². The fraction of sp³-hybridized carbons (Fsp3) is 0.636. The highest BCUT2D eigenvalue weighted by Crippen LogP contribution is 2.31. The molecule has 1 aliphatic rings. The van der Waals surface area contributed by atoms with Crippen LogP contribution in [0.1, 0.15) is 56.0 Å². The summed E-state index contributed by atoms with van der Waals surface area (Å²) in [7, 11) is 2.05. The lowest BCUT2D eigenvalue weighted by molar-refractivity contribution is -0.137. The van der Waals surface area contributed by atoms with Crippen LogP contribution in [0.3, 0.4) is 0 Å². The van der Waals surface area contributed by atoms with Gasteiger partial charge in [-0.1, -0.05) is 6.07 Å². The Morgan fingerprint density at radius 1 is 1.23 bits per heavy atom.